The van der Waals surface area contributed by atoms with Crippen molar-refractivity contribution in [2.45, 2.75) is 6.42 Å². The Morgan fingerprint density at radius 2 is 1.75 bits per heavy atom. The second-order valence-electron chi connectivity index (χ2n) is 6.70. The summed E-state index contributed by atoms with van der Waals surface area (Å²) in [5.41, 5.74) is 1.71. The molecule has 0 radical (unpaired) electrons. The zero-order chi connectivity index (χ0) is 19.9. The highest BCUT2D eigenvalue weighted by Gasteiger charge is 2.22. The predicted molar refractivity (Wildman–Crippen MR) is 107 cm³/mol. The van der Waals surface area contributed by atoms with Crippen LogP contribution < -0.4 is 14.8 Å². The Morgan fingerprint density at radius 1 is 1.04 bits per heavy atom. The quantitative estimate of drug-likeness (QED) is 0.827. The van der Waals surface area contributed by atoms with Gasteiger partial charge < -0.3 is 19.7 Å². The molecule has 1 aliphatic heterocycles. The van der Waals surface area contributed by atoms with Gasteiger partial charge in [-0.1, -0.05) is 12.1 Å². The summed E-state index contributed by atoms with van der Waals surface area (Å²) in [7, 11) is 3.15. The molecule has 28 heavy (non-hydrogen) atoms. The van der Waals surface area contributed by atoms with Gasteiger partial charge in [-0.05, 0) is 36.2 Å². The summed E-state index contributed by atoms with van der Waals surface area (Å²) in [4.78, 5) is 16.7. The fraction of sp³-hybridized carbons (Fsp3) is 0.381. The molecule has 0 aliphatic carbocycles. The summed E-state index contributed by atoms with van der Waals surface area (Å²) in [6.07, 6.45) is 0.869. The molecule has 0 bridgehead atoms. The summed E-state index contributed by atoms with van der Waals surface area (Å²) in [5.74, 6) is 1.03. The van der Waals surface area contributed by atoms with E-state index in [2.05, 4.69) is 10.2 Å². The fourth-order valence-corrected chi connectivity index (χ4v) is 3.22. The predicted octanol–water partition coefficient (Wildman–Crippen LogP) is 3.24. The first kappa shape index (κ1) is 19.9. The van der Waals surface area contributed by atoms with Crippen LogP contribution >= 0.6 is 0 Å². The first-order chi connectivity index (χ1) is 13.6. The summed E-state index contributed by atoms with van der Waals surface area (Å²) in [6.45, 7) is 3.82. The number of urea groups is 1. The van der Waals surface area contributed by atoms with Crippen molar-refractivity contribution in [3.8, 4) is 11.5 Å². The molecule has 1 saturated heterocycles. The number of halogens is 1. The van der Waals surface area contributed by atoms with Gasteiger partial charge in [0.2, 0.25) is 0 Å². The number of piperazine rings is 1. The van der Waals surface area contributed by atoms with E-state index in [0.29, 0.717) is 30.3 Å². The Hall–Kier alpha value is -2.80. The zero-order valence-corrected chi connectivity index (χ0v) is 16.3. The van der Waals surface area contributed by atoms with Crippen molar-refractivity contribution in [2.75, 3.05) is 52.3 Å². The number of hydrogen-bond donors (Lipinski definition) is 1. The average molecular weight is 387 g/mol. The van der Waals surface area contributed by atoms with Gasteiger partial charge >= 0.3 is 6.03 Å². The Labute approximate surface area is 164 Å². The van der Waals surface area contributed by atoms with Crippen LogP contribution in [0, 0.1) is 5.82 Å². The van der Waals surface area contributed by atoms with Crippen molar-refractivity contribution in [1.29, 1.82) is 0 Å². The first-order valence-electron chi connectivity index (χ1n) is 9.34. The fourth-order valence-electron chi connectivity index (χ4n) is 3.22. The molecule has 1 N–H and O–H groups in total. The normalized spacial score (nSPS) is 14.6. The minimum Gasteiger partial charge on any atom is -0.497 e. The van der Waals surface area contributed by atoms with Gasteiger partial charge in [-0.2, -0.15) is 0 Å². The van der Waals surface area contributed by atoms with Gasteiger partial charge in [0.25, 0.3) is 0 Å². The van der Waals surface area contributed by atoms with Crippen molar-refractivity contribution in [3.63, 3.8) is 0 Å². The first-order valence-corrected chi connectivity index (χ1v) is 9.34. The van der Waals surface area contributed by atoms with Crippen molar-refractivity contribution < 1.29 is 18.7 Å². The van der Waals surface area contributed by atoms with Crippen molar-refractivity contribution in [3.05, 3.63) is 53.8 Å². The van der Waals surface area contributed by atoms with Crippen LogP contribution in [0.5, 0.6) is 11.5 Å². The summed E-state index contributed by atoms with van der Waals surface area (Å²) in [6, 6.07) is 11.8. The molecule has 7 heteroatoms. The molecule has 3 rings (SSSR count). The summed E-state index contributed by atoms with van der Waals surface area (Å²) < 4.78 is 23.5. The van der Waals surface area contributed by atoms with Gasteiger partial charge in [-0.15, -0.1) is 0 Å². The summed E-state index contributed by atoms with van der Waals surface area (Å²) >= 11 is 0. The molecule has 6 nitrogen and oxygen atoms in total. The van der Waals surface area contributed by atoms with Crippen LogP contribution in [-0.2, 0) is 6.42 Å². The van der Waals surface area contributed by atoms with E-state index in [1.807, 2.05) is 12.1 Å². The number of methoxy groups -OCH3 is 2. The Kier molecular flexibility index (Phi) is 6.71. The van der Waals surface area contributed by atoms with E-state index in [1.54, 1.807) is 37.3 Å². The molecule has 150 valence electrons. The lowest BCUT2D eigenvalue weighted by Gasteiger charge is -2.34. The third-order valence-corrected chi connectivity index (χ3v) is 4.94. The third-order valence-electron chi connectivity index (χ3n) is 4.94. The monoisotopic (exact) mass is 387 g/mol. The van der Waals surface area contributed by atoms with E-state index in [4.69, 9.17) is 9.47 Å². The molecule has 2 aromatic carbocycles. The summed E-state index contributed by atoms with van der Waals surface area (Å²) in [5, 5.41) is 2.91. The van der Waals surface area contributed by atoms with Crippen LogP contribution in [0.4, 0.5) is 14.9 Å². The number of nitrogens with zero attached hydrogens (tertiary/aromatic N) is 2. The van der Waals surface area contributed by atoms with E-state index >= 15 is 0 Å². The van der Waals surface area contributed by atoms with Crippen LogP contribution in [0.25, 0.3) is 0 Å². The number of carbonyl (C=O) groups excluding carboxylic acids is 1. The molecule has 2 amide bonds. The molecular weight excluding hydrogens is 361 g/mol. The maximum absolute atomic E-state index is 13.0. The topological polar surface area (TPSA) is 54.0 Å². The van der Waals surface area contributed by atoms with Crippen molar-refractivity contribution in [1.82, 2.24) is 9.80 Å². The van der Waals surface area contributed by atoms with Crippen LogP contribution in [0.15, 0.2) is 42.5 Å². The molecule has 0 spiro atoms. The lowest BCUT2D eigenvalue weighted by molar-refractivity contribution is 0.148. The number of rotatable bonds is 6. The molecule has 0 saturated carbocycles. The number of hydrogen-bond acceptors (Lipinski definition) is 4. The largest absolute Gasteiger partial charge is 0.497 e. The Bertz CT molecular complexity index is 790. The van der Waals surface area contributed by atoms with Gasteiger partial charge in [0.15, 0.2) is 0 Å². The Balaban J connectivity index is 1.49. The van der Waals surface area contributed by atoms with E-state index in [0.717, 1.165) is 31.6 Å². The number of anilines is 1. The van der Waals surface area contributed by atoms with Gasteiger partial charge in [-0.3, -0.25) is 4.90 Å². The molecule has 1 fully saturated rings. The Morgan fingerprint density at radius 3 is 2.39 bits per heavy atom. The molecule has 1 aliphatic rings. The average Bonchev–Trinajstić information content (AvgIpc) is 2.73. The minimum absolute atomic E-state index is 0.148. The number of ether oxygens (including phenoxy) is 2. The highest BCUT2D eigenvalue weighted by molar-refractivity contribution is 5.91. The van der Waals surface area contributed by atoms with Crippen LogP contribution in [0.3, 0.4) is 0 Å². The maximum atomic E-state index is 13.0. The molecule has 1 heterocycles. The molecular formula is C21H26FN3O3. The molecule has 2 aromatic rings. The number of benzene rings is 2. The van der Waals surface area contributed by atoms with E-state index < -0.39 is 0 Å². The standard InChI is InChI=1S/C21H26FN3O3/c1-27-18-7-8-20(28-2)19(15-18)23-21(26)25-13-11-24(12-14-25)10-9-16-3-5-17(22)6-4-16/h3-8,15H,9-14H2,1-2H3,(H,23,26). The highest BCUT2D eigenvalue weighted by Crippen LogP contribution is 2.29. The molecule has 0 atom stereocenters. The smallest absolute Gasteiger partial charge is 0.322 e. The van der Waals surface area contributed by atoms with Crippen LogP contribution in [0.2, 0.25) is 0 Å². The van der Waals surface area contributed by atoms with Gasteiger partial charge in [0, 0.05) is 38.8 Å². The lowest BCUT2D eigenvalue weighted by Crippen LogP contribution is -2.50. The van der Waals surface area contributed by atoms with E-state index in [9.17, 15) is 9.18 Å². The maximum Gasteiger partial charge on any atom is 0.322 e. The third kappa shape index (κ3) is 5.13. The van der Waals surface area contributed by atoms with Gasteiger partial charge in [-0.25, -0.2) is 9.18 Å². The lowest BCUT2D eigenvalue weighted by atomic mass is 10.1. The molecule has 0 unspecified atom stereocenters. The zero-order valence-electron chi connectivity index (χ0n) is 16.3. The van der Waals surface area contributed by atoms with Crippen molar-refractivity contribution in [2.24, 2.45) is 0 Å². The second kappa shape index (κ2) is 9.41. The SMILES string of the molecule is COc1ccc(OC)c(NC(=O)N2CCN(CCc3ccc(F)cc3)CC2)c1. The number of nitrogens with one attached hydrogen (secondary N) is 1. The number of carbonyl (C=O) groups is 1. The van der Waals surface area contributed by atoms with E-state index in [-0.39, 0.29) is 11.8 Å². The number of amides is 2. The van der Waals surface area contributed by atoms with Gasteiger partial charge in [0.1, 0.15) is 17.3 Å². The minimum atomic E-state index is -0.212. The van der Waals surface area contributed by atoms with Crippen LogP contribution in [-0.4, -0.2) is 62.8 Å². The highest BCUT2D eigenvalue weighted by atomic mass is 19.1. The van der Waals surface area contributed by atoms with Crippen molar-refractivity contribution >= 4 is 11.7 Å². The van der Waals surface area contributed by atoms with Gasteiger partial charge in [0.05, 0.1) is 19.9 Å². The molecule has 0 aromatic heterocycles. The van der Waals surface area contributed by atoms with E-state index in [1.165, 1.54) is 12.1 Å². The van der Waals surface area contributed by atoms with Crippen LogP contribution in [0.1, 0.15) is 5.56 Å². The second-order valence-corrected chi connectivity index (χ2v) is 6.70.